The van der Waals surface area contributed by atoms with E-state index in [4.69, 9.17) is 0 Å². The van der Waals surface area contributed by atoms with E-state index >= 15 is 0 Å². The molecule has 0 saturated heterocycles. The number of imide groups is 1. The standard InChI is InChI=1S/C29H23N3O2/c1-20-15-17-22(18-16-20)32-28(33)24-12-6-5-11-23(24)25(29(32)34)19-30-26-13-7-8-14-27(26)31-21-9-3-2-4-10-21/h2-19,30-31H,1H3/b25-19-. The molecule has 2 amide bonds. The summed E-state index contributed by atoms with van der Waals surface area (Å²) in [5.41, 5.74) is 5.77. The molecule has 0 radical (unpaired) electrons. The molecule has 0 fully saturated rings. The van der Waals surface area contributed by atoms with Gasteiger partial charge in [0.25, 0.3) is 11.8 Å². The van der Waals surface area contributed by atoms with Crippen molar-refractivity contribution in [3.05, 3.63) is 126 Å². The molecule has 5 heteroatoms. The van der Waals surface area contributed by atoms with E-state index < -0.39 is 0 Å². The molecule has 1 aliphatic heterocycles. The maximum Gasteiger partial charge on any atom is 0.267 e. The highest BCUT2D eigenvalue weighted by atomic mass is 16.2. The number of para-hydroxylation sites is 3. The predicted molar refractivity (Wildman–Crippen MR) is 137 cm³/mol. The van der Waals surface area contributed by atoms with E-state index in [1.165, 1.54) is 4.90 Å². The maximum atomic E-state index is 13.6. The third kappa shape index (κ3) is 4.07. The molecule has 4 aromatic rings. The molecule has 5 nitrogen and oxygen atoms in total. The van der Waals surface area contributed by atoms with E-state index in [-0.39, 0.29) is 11.8 Å². The van der Waals surface area contributed by atoms with Crippen LogP contribution in [0.1, 0.15) is 21.5 Å². The van der Waals surface area contributed by atoms with Gasteiger partial charge in [-0.05, 0) is 49.4 Å². The lowest BCUT2D eigenvalue weighted by atomic mass is 9.93. The van der Waals surface area contributed by atoms with Gasteiger partial charge in [0.05, 0.1) is 22.6 Å². The summed E-state index contributed by atoms with van der Waals surface area (Å²) in [6.45, 7) is 1.97. The number of carbonyl (C=O) groups excluding carboxylic acids is 2. The Labute approximate surface area is 198 Å². The molecular formula is C29H23N3O2. The van der Waals surface area contributed by atoms with Crippen molar-refractivity contribution >= 4 is 40.1 Å². The molecule has 4 aromatic carbocycles. The van der Waals surface area contributed by atoms with Gasteiger partial charge in [0.15, 0.2) is 0 Å². The van der Waals surface area contributed by atoms with Crippen molar-refractivity contribution in [1.29, 1.82) is 0 Å². The molecule has 34 heavy (non-hydrogen) atoms. The van der Waals surface area contributed by atoms with Crippen LogP contribution in [-0.2, 0) is 4.79 Å². The van der Waals surface area contributed by atoms with Crippen molar-refractivity contribution in [2.45, 2.75) is 6.92 Å². The number of hydrogen-bond acceptors (Lipinski definition) is 4. The van der Waals surface area contributed by atoms with Gasteiger partial charge >= 0.3 is 0 Å². The number of rotatable bonds is 5. The Hall–Kier alpha value is -4.64. The van der Waals surface area contributed by atoms with Crippen molar-refractivity contribution < 1.29 is 9.59 Å². The first-order valence-corrected chi connectivity index (χ1v) is 11.0. The number of hydrogen-bond donors (Lipinski definition) is 2. The smallest absolute Gasteiger partial charge is 0.267 e. The Morgan fingerprint density at radius 2 is 1.26 bits per heavy atom. The summed E-state index contributed by atoms with van der Waals surface area (Å²) < 4.78 is 0. The highest BCUT2D eigenvalue weighted by Gasteiger charge is 2.35. The van der Waals surface area contributed by atoms with Crippen LogP contribution in [-0.4, -0.2) is 11.8 Å². The molecule has 2 N–H and O–H groups in total. The first kappa shape index (κ1) is 21.2. The van der Waals surface area contributed by atoms with Crippen LogP contribution >= 0.6 is 0 Å². The van der Waals surface area contributed by atoms with Crippen molar-refractivity contribution in [1.82, 2.24) is 0 Å². The summed E-state index contributed by atoms with van der Waals surface area (Å²) in [4.78, 5) is 28.0. The summed E-state index contributed by atoms with van der Waals surface area (Å²) in [7, 11) is 0. The molecule has 166 valence electrons. The molecule has 0 saturated carbocycles. The third-order valence-corrected chi connectivity index (χ3v) is 5.73. The predicted octanol–water partition coefficient (Wildman–Crippen LogP) is 6.38. The van der Waals surface area contributed by atoms with Crippen molar-refractivity contribution in [2.24, 2.45) is 0 Å². The van der Waals surface area contributed by atoms with Crippen molar-refractivity contribution in [3.63, 3.8) is 0 Å². The Bertz CT molecular complexity index is 1390. The Morgan fingerprint density at radius 1 is 0.647 bits per heavy atom. The minimum atomic E-state index is -0.367. The van der Waals surface area contributed by atoms with E-state index in [0.29, 0.717) is 22.4 Å². The zero-order valence-electron chi connectivity index (χ0n) is 18.7. The molecule has 1 heterocycles. The number of amides is 2. The normalized spacial score (nSPS) is 14.1. The van der Waals surface area contributed by atoms with Gasteiger partial charge in [-0.25, -0.2) is 4.90 Å². The Balaban J connectivity index is 1.52. The number of anilines is 4. The lowest BCUT2D eigenvalue weighted by Gasteiger charge is -2.28. The first-order valence-electron chi connectivity index (χ1n) is 11.0. The highest BCUT2D eigenvalue weighted by molar-refractivity contribution is 6.41. The second-order valence-electron chi connectivity index (χ2n) is 8.07. The summed E-state index contributed by atoms with van der Waals surface area (Å²) in [6, 6.07) is 32.2. The van der Waals surface area contributed by atoms with Crippen LogP contribution in [0.3, 0.4) is 0 Å². The fraction of sp³-hybridized carbons (Fsp3) is 0.0345. The summed E-state index contributed by atoms with van der Waals surface area (Å²) in [5, 5.41) is 6.68. The van der Waals surface area contributed by atoms with E-state index in [2.05, 4.69) is 10.6 Å². The lowest BCUT2D eigenvalue weighted by Crippen LogP contribution is -2.42. The van der Waals surface area contributed by atoms with Crippen LogP contribution in [0.15, 0.2) is 109 Å². The SMILES string of the molecule is Cc1ccc(N2C(=O)/C(=C\Nc3ccccc3Nc3ccccc3)c3ccccc3C2=O)cc1. The molecular weight excluding hydrogens is 422 g/mol. The fourth-order valence-electron chi connectivity index (χ4n) is 3.97. The van der Waals surface area contributed by atoms with E-state index in [0.717, 1.165) is 22.6 Å². The molecule has 5 rings (SSSR count). The van der Waals surface area contributed by atoms with Crippen LogP contribution in [0.2, 0.25) is 0 Å². The minimum Gasteiger partial charge on any atom is -0.359 e. The van der Waals surface area contributed by atoms with Gasteiger partial charge in [-0.1, -0.05) is 66.2 Å². The number of aryl methyl sites for hydroxylation is 1. The van der Waals surface area contributed by atoms with Crippen LogP contribution in [0.4, 0.5) is 22.7 Å². The Kier molecular flexibility index (Phi) is 5.67. The molecule has 0 spiro atoms. The average molecular weight is 446 g/mol. The number of nitrogens with zero attached hydrogens (tertiary/aromatic N) is 1. The average Bonchev–Trinajstić information content (AvgIpc) is 2.87. The number of benzene rings is 4. The first-order chi connectivity index (χ1) is 16.6. The Morgan fingerprint density at radius 3 is 2.00 bits per heavy atom. The number of carbonyl (C=O) groups is 2. The van der Waals surface area contributed by atoms with Gasteiger partial charge in [-0.15, -0.1) is 0 Å². The van der Waals surface area contributed by atoms with E-state index in [9.17, 15) is 9.59 Å². The maximum absolute atomic E-state index is 13.6. The second-order valence-corrected chi connectivity index (χ2v) is 8.07. The molecule has 0 aromatic heterocycles. The molecule has 0 aliphatic carbocycles. The van der Waals surface area contributed by atoms with Crippen molar-refractivity contribution in [2.75, 3.05) is 15.5 Å². The molecule has 0 atom stereocenters. The zero-order valence-corrected chi connectivity index (χ0v) is 18.7. The van der Waals surface area contributed by atoms with Gasteiger partial charge < -0.3 is 10.6 Å². The highest BCUT2D eigenvalue weighted by Crippen LogP contribution is 2.33. The van der Waals surface area contributed by atoms with Crippen LogP contribution in [0.5, 0.6) is 0 Å². The fourth-order valence-corrected chi connectivity index (χ4v) is 3.97. The quantitative estimate of drug-likeness (QED) is 0.276. The lowest BCUT2D eigenvalue weighted by molar-refractivity contribution is -0.112. The van der Waals surface area contributed by atoms with Gasteiger partial charge in [-0.3, -0.25) is 9.59 Å². The minimum absolute atomic E-state index is 0.326. The van der Waals surface area contributed by atoms with E-state index in [1.807, 2.05) is 85.8 Å². The zero-order chi connectivity index (χ0) is 23.5. The largest absolute Gasteiger partial charge is 0.359 e. The number of fused-ring (bicyclic) bond motifs is 1. The summed E-state index contributed by atoms with van der Waals surface area (Å²) in [5.74, 6) is -0.693. The molecule has 0 bridgehead atoms. The topological polar surface area (TPSA) is 61.4 Å². The van der Waals surface area contributed by atoms with Gasteiger partial charge in [-0.2, -0.15) is 0 Å². The van der Waals surface area contributed by atoms with Gasteiger partial charge in [0, 0.05) is 23.0 Å². The molecule has 0 unspecified atom stereocenters. The van der Waals surface area contributed by atoms with Gasteiger partial charge in [0.2, 0.25) is 0 Å². The van der Waals surface area contributed by atoms with Gasteiger partial charge in [0.1, 0.15) is 0 Å². The van der Waals surface area contributed by atoms with E-state index in [1.54, 1.807) is 30.5 Å². The monoisotopic (exact) mass is 445 g/mol. The summed E-state index contributed by atoms with van der Waals surface area (Å²) in [6.07, 6.45) is 1.68. The van der Waals surface area contributed by atoms with Crippen LogP contribution in [0.25, 0.3) is 5.57 Å². The third-order valence-electron chi connectivity index (χ3n) is 5.73. The van der Waals surface area contributed by atoms with Crippen LogP contribution < -0.4 is 15.5 Å². The summed E-state index contributed by atoms with van der Waals surface area (Å²) >= 11 is 0. The second kappa shape index (κ2) is 9.08. The van der Waals surface area contributed by atoms with Crippen LogP contribution in [0, 0.1) is 6.92 Å². The number of nitrogens with one attached hydrogen (secondary N) is 2. The molecule has 1 aliphatic rings. The van der Waals surface area contributed by atoms with Crippen molar-refractivity contribution in [3.8, 4) is 0 Å².